The summed E-state index contributed by atoms with van der Waals surface area (Å²) < 4.78 is 30.7. The maximum Gasteiger partial charge on any atom is 0.131 e. The Morgan fingerprint density at radius 2 is 0.975 bits per heavy atom. The SMILES string of the molecule is CCCCCC1CCC(c2ccc(-c3ccc(C4CCC(C5CCC(CCC)CC5)CC4)cc3F)c(F)c2)CC1. The maximum absolute atomic E-state index is 15.4. The standard InChI is InChI=1S/C38H54F2/c1-3-5-6-8-28-11-15-31(16-12-28)33-21-23-35(37(39)25-33)36-24-22-34(26-38(36)40)32-19-17-30(18-20-32)29-13-9-27(7-4-2)10-14-29/h21-32H,3-20H2,1-2H3. The van der Waals surface area contributed by atoms with Gasteiger partial charge in [0.1, 0.15) is 11.6 Å². The number of rotatable bonds is 10. The number of hydrogen-bond donors (Lipinski definition) is 0. The van der Waals surface area contributed by atoms with E-state index in [9.17, 15) is 0 Å². The lowest BCUT2D eigenvalue weighted by Crippen LogP contribution is -2.25. The highest BCUT2D eigenvalue weighted by atomic mass is 19.1. The first-order chi connectivity index (χ1) is 19.6. The molecule has 0 aliphatic heterocycles. The molecule has 0 heterocycles. The van der Waals surface area contributed by atoms with Gasteiger partial charge < -0.3 is 0 Å². The molecule has 0 bridgehead atoms. The van der Waals surface area contributed by atoms with Crippen LogP contribution in [0.2, 0.25) is 0 Å². The van der Waals surface area contributed by atoms with Gasteiger partial charge in [-0.3, -0.25) is 0 Å². The van der Waals surface area contributed by atoms with E-state index in [0.29, 0.717) is 23.0 Å². The predicted molar refractivity (Wildman–Crippen MR) is 166 cm³/mol. The molecule has 0 amide bonds. The molecule has 0 spiro atoms. The molecular weight excluding hydrogens is 494 g/mol. The largest absolute Gasteiger partial charge is 0.206 e. The van der Waals surface area contributed by atoms with Crippen molar-refractivity contribution in [2.24, 2.45) is 23.7 Å². The number of halogens is 2. The lowest BCUT2D eigenvalue weighted by atomic mass is 9.68. The second-order valence-electron chi connectivity index (χ2n) is 13.9. The fourth-order valence-corrected chi connectivity index (χ4v) is 8.76. The van der Waals surface area contributed by atoms with Gasteiger partial charge in [-0.15, -0.1) is 0 Å². The summed E-state index contributed by atoms with van der Waals surface area (Å²) in [5, 5.41) is 0. The highest BCUT2D eigenvalue weighted by Gasteiger charge is 2.31. The van der Waals surface area contributed by atoms with Crippen molar-refractivity contribution in [3.8, 4) is 11.1 Å². The van der Waals surface area contributed by atoms with Crippen molar-refractivity contribution in [3.63, 3.8) is 0 Å². The van der Waals surface area contributed by atoms with Gasteiger partial charge in [-0.2, -0.15) is 0 Å². The minimum absolute atomic E-state index is 0.270. The fraction of sp³-hybridized carbons (Fsp3) is 0.684. The molecule has 0 aromatic heterocycles. The van der Waals surface area contributed by atoms with E-state index < -0.39 is 0 Å². The van der Waals surface area contributed by atoms with Crippen molar-refractivity contribution in [3.05, 3.63) is 59.2 Å². The number of unbranched alkanes of at least 4 members (excludes halogenated alkanes) is 2. The van der Waals surface area contributed by atoms with Gasteiger partial charge in [-0.1, -0.05) is 89.5 Å². The van der Waals surface area contributed by atoms with Gasteiger partial charge in [-0.25, -0.2) is 8.78 Å². The van der Waals surface area contributed by atoms with E-state index in [-0.39, 0.29) is 11.6 Å². The molecule has 3 aliphatic rings. The molecule has 0 N–H and O–H groups in total. The van der Waals surface area contributed by atoms with Crippen molar-refractivity contribution in [2.45, 2.75) is 141 Å². The van der Waals surface area contributed by atoms with Crippen molar-refractivity contribution in [2.75, 3.05) is 0 Å². The molecule has 3 saturated carbocycles. The molecule has 0 radical (unpaired) electrons. The predicted octanol–water partition coefficient (Wildman–Crippen LogP) is 12.4. The average Bonchev–Trinajstić information content (AvgIpc) is 2.98. The minimum atomic E-state index is -0.275. The van der Waals surface area contributed by atoms with Crippen LogP contribution in [-0.4, -0.2) is 0 Å². The lowest BCUT2D eigenvalue weighted by molar-refractivity contribution is 0.156. The Bertz CT molecular complexity index is 1050. The first-order valence-electron chi connectivity index (χ1n) is 17.1. The van der Waals surface area contributed by atoms with Crippen LogP contribution in [0.25, 0.3) is 11.1 Å². The zero-order valence-corrected chi connectivity index (χ0v) is 25.4. The first-order valence-corrected chi connectivity index (χ1v) is 17.1. The Balaban J connectivity index is 1.15. The molecule has 0 nitrogen and oxygen atoms in total. The maximum atomic E-state index is 15.4. The van der Waals surface area contributed by atoms with Crippen LogP contribution >= 0.6 is 0 Å². The number of hydrogen-bond acceptors (Lipinski definition) is 0. The van der Waals surface area contributed by atoms with Crippen LogP contribution in [0.3, 0.4) is 0 Å². The van der Waals surface area contributed by atoms with E-state index in [1.54, 1.807) is 12.1 Å². The van der Waals surface area contributed by atoms with Crippen LogP contribution in [0.4, 0.5) is 8.78 Å². The number of benzene rings is 2. The summed E-state index contributed by atoms with van der Waals surface area (Å²) >= 11 is 0. The van der Waals surface area contributed by atoms with Gasteiger partial charge in [0, 0.05) is 11.1 Å². The quantitative estimate of drug-likeness (QED) is 0.259. The van der Waals surface area contributed by atoms with Crippen LogP contribution in [0.15, 0.2) is 36.4 Å². The van der Waals surface area contributed by atoms with Crippen molar-refractivity contribution in [1.82, 2.24) is 0 Å². The average molecular weight is 549 g/mol. The smallest absolute Gasteiger partial charge is 0.131 e. The van der Waals surface area contributed by atoms with E-state index >= 15 is 8.78 Å². The summed E-state index contributed by atoms with van der Waals surface area (Å²) in [6, 6.07) is 11.2. The highest BCUT2D eigenvalue weighted by molar-refractivity contribution is 5.66. The Kier molecular flexibility index (Phi) is 10.8. The topological polar surface area (TPSA) is 0 Å². The molecular formula is C38H54F2. The van der Waals surface area contributed by atoms with Crippen LogP contribution in [0, 0.1) is 35.3 Å². The molecule has 0 saturated heterocycles. The van der Waals surface area contributed by atoms with E-state index in [2.05, 4.69) is 26.0 Å². The zero-order valence-electron chi connectivity index (χ0n) is 25.4. The summed E-state index contributed by atoms with van der Waals surface area (Å²) in [4.78, 5) is 0. The van der Waals surface area contributed by atoms with Crippen LogP contribution < -0.4 is 0 Å². The summed E-state index contributed by atoms with van der Waals surface area (Å²) in [6.45, 7) is 4.58. The second-order valence-corrected chi connectivity index (χ2v) is 13.9. The molecule has 2 heteroatoms. The third-order valence-corrected chi connectivity index (χ3v) is 11.3. The Morgan fingerprint density at radius 1 is 0.525 bits per heavy atom. The molecule has 2 aromatic rings. The molecule has 3 fully saturated rings. The van der Waals surface area contributed by atoms with Gasteiger partial charge in [0.15, 0.2) is 0 Å². The van der Waals surface area contributed by atoms with E-state index in [0.717, 1.165) is 47.6 Å². The van der Waals surface area contributed by atoms with E-state index in [1.807, 2.05) is 12.1 Å². The molecule has 40 heavy (non-hydrogen) atoms. The summed E-state index contributed by atoms with van der Waals surface area (Å²) in [7, 11) is 0. The molecule has 3 aliphatic carbocycles. The van der Waals surface area contributed by atoms with E-state index in [1.165, 1.54) is 103 Å². The van der Waals surface area contributed by atoms with Crippen molar-refractivity contribution >= 4 is 0 Å². The van der Waals surface area contributed by atoms with E-state index in [4.69, 9.17) is 0 Å². The van der Waals surface area contributed by atoms with Crippen LogP contribution in [0.1, 0.15) is 152 Å². The zero-order chi connectivity index (χ0) is 27.9. The Morgan fingerprint density at radius 3 is 1.45 bits per heavy atom. The third kappa shape index (κ3) is 7.38. The van der Waals surface area contributed by atoms with Crippen molar-refractivity contribution < 1.29 is 8.78 Å². The van der Waals surface area contributed by atoms with Crippen molar-refractivity contribution in [1.29, 1.82) is 0 Å². The Labute approximate surface area is 243 Å². The van der Waals surface area contributed by atoms with Gasteiger partial charge in [0.2, 0.25) is 0 Å². The highest BCUT2D eigenvalue weighted by Crippen LogP contribution is 2.45. The first kappa shape index (κ1) is 29.8. The molecule has 2 aromatic carbocycles. The van der Waals surface area contributed by atoms with Gasteiger partial charge in [-0.05, 0) is 123 Å². The minimum Gasteiger partial charge on any atom is -0.206 e. The lowest BCUT2D eigenvalue weighted by Gasteiger charge is -2.38. The summed E-state index contributed by atoms with van der Waals surface area (Å²) in [5.41, 5.74) is 3.02. The molecule has 5 rings (SSSR count). The summed E-state index contributed by atoms with van der Waals surface area (Å²) in [6.07, 6.45) is 23.5. The van der Waals surface area contributed by atoms with Gasteiger partial charge in [0.25, 0.3) is 0 Å². The second kappa shape index (κ2) is 14.5. The third-order valence-electron chi connectivity index (χ3n) is 11.3. The van der Waals surface area contributed by atoms with Crippen LogP contribution in [-0.2, 0) is 0 Å². The van der Waals surface area contributed by atoms with Gasteiger partial charge >= 0.3 is 0 Å². The van der Waals surface area contributed by atoms with Gasteiger partial charge in [0.05, 0.1) is 0 Å². The normalized spacial score (nSPS) is 29.4. The summed E-state index contributed by atoms with van der Waals surface area (Å²) in [5.74, 6) is 3.95. The molecule has 0 unspecified atom stereocenters. The van der Waals surface area contributed by atoms with Crippen LogP contribution in [0.5, 0.6) is 0 Å². The Hall–Kier alpha value is -1.70. The molecule has 220 valence electrons. The monoisotopic (exact) mass is 548 g/mol. The fourth-order valence-electron chi connectivity index (χ4n) is 8.76. The molecule has 0 atom stereocenters.